The Hall–Kier alpha value is -1.26. The van der Waals surface area contributed by atoms with Crippen LogP contribution in [0.3, 0.4) is 0 Å². The lowest BCUT2D eigenvalue weighted by molar-refractivity contribution is 0.00752. The fourth-order valence-electron chi connectivity index (χ4n) is 3.15. The summed E-state index contributed by atoms with van der Waals surface area (Å²) in [4.78, 5) is 6.81. The number of morpholine rings is 1. The van der Waals surface area contributed by atoms with Crippen molar-refractivity contribution in [2.75, 3.05) is 60.2 Å². The van der Waals surface area contributed by atoms with Gasteiger partial charge in [0.2, 0.25) is 0 Å². The van der Waals surface area contributed by atoms with Gasteiger partial charge in [0.1, 0.15) is 18.1 Å². The van der Waals surface area contributed by atoms with Crippen LogP contribution in [0.1, 0.15) is 13.8 Å². The maximum atomic E-state index is 5.75. The van der Waals surface area contributed by atoms with Crippen LogP contribution in [0.15, 0.2) is 29.3 Å². The summed E-state index contributed by atoms with van der Waals surface area (Å²) in [5.74, 6) is 2.94. The van der Waals surface area contributed by atoms with Gasteiger partial charge in [-0.15, -0.1) is 24.0 Å². The summed E-state index contributed by atoms with van der Waals surface area (Å²) >= 11 is 0. The molecule has 0 saturated carbocycles. The van der Waals surface area contributed by atoms with Crippen LogP contribution in [0.5, 0.6) is 11.5 Å². The molecule has 1 atom stereocenters. The average Bonchev–Trinajstić information content (AvgIpc) is 2.70. The highest BCUT2D eigenvalue weighted by molar-refractivity contribution is 14.0. The first-order valence-electron chi connectivity index (χ1n) is 9.67. The van der Waals surface area contributed by atoms with Gasteiger partial charge < -0.3 is 24.8 Å². The minimum atomic E-state index is 0. The summed E-state index contributed by atoms with van der Waals surface area (Å²) in [5, 5.41) is 6.75. The molecule has 1 unspecified atom stereocenters. The number of aliphatic imine (C=N–C) groups is 1. The standard InChI is InChI=1S/C20H34N4O3.HI/c1-16(2)19(24-9-12-26-13-10-24)15-23-20(21-3)22-8-11-27-18-7-5-6-17(14-18)25-4;/h5-7,14,16,19H,8-13,15H2,1-4H3,(H2,21,22,23);1H. The number of ether oxygens (including phenoxy) is 3. The van der Waals surface area contributed by atoms with Crippen LogP contribution in [-0.2, 0) is 4.74 Å². The molecule has 1 fully saturated rings. The molecule has 28 heavy (non-hydrogen) atoms. The lowest BCUT2D eigenvalue weighted by Gasteiger charge is -2.37. The molecule has 1 aromatic carbocycles. The van der Waals surface area contributed by atoms with Gasteiger partial charge in [0.05, 0.1) is 26.9 Å². The number of rotatable bonds is 9. The zero-order valence-electron chi connectivity index (χ0n) is 17.4. The van der Waals surface area contributed by atoms with Crippen molar-refractivity contribution in [3.63, 3.8) is 0 Å². The number of nitrogens with one attached hydrogen (secondary N) is 2. The molecule has 1 heterocycles. The molecule has 0 radical (unpaired) electrons. The molecule has 7 nitrogen and oxygen atoms in total. The molecule has 0 aliphatic carbocycles. The van der Waals surface area contributed by atoms with Gasteiger partial charge in [-0.2, -0.15) is 0 Å². The smallest absolute Gasteiger partial charge is 0.191 e. The first-order valence-corrected chi connectivity index (χ1v) is 9.67. The van der Waals surface area contributed by atoms with Crippen LogP contribution < -0.4 is 20.1 Å². The number of nitrogens with zero attached hydrogens (tertiary/aromatic N) is 2. The normalized spacial score (nSPS) is 16.2. The van der Waals surface area contributed by atoms with Crippen molar-refractivity contribution in [3.8, 4) is 11.5 Å². The van der Waals surface area contributed by atoms with Crippen LogP contribution in [0.2, 0.25) is 0 Å². The highest BCUT2D eigenvalue weighted by Gasteiger charge is 2.23. The molecule has 0 amide bonds. The maximum absolute atomic E-state index is 5.75. The lowest BCUT2D eigenvalue weighted by atomic mass is 10.0. The van der Waals surface area contributed by atoms with Crippen molar-refractivity contribution in [1.29, 1.82) is 0 Å². The minimum Gasteiger partial charge on any atom is -0.497 e. The summed E-state index contributed by atoms with van der Waals surface area (Å²) in [7, 11) is 3.44. The van der Waals surface area contributed by atoms with Crippen molar-refractivity contribution in [1.82, 2.24) is 15.5 Å². The Balaban J connectivity index is 0.00000392. The third-order valence-corrected chi connectivity index (χ3v) is 4.69. The van der Waals surface area contributed by atoms with E-state index in [4.69, 9.17) is 14.2 Å². The van der Waals surface area contributed by atoms with Crippen LogP contribution >= 0.6 is 24.0 Å². The second-order valence-corrected chi connectivity index (χ2v) is 6.87. The van der Waals surface area contributed by atoms with Gasteiger partial charge in [-0.1, -0.05) is 19.9 Å². The largest absolute Gasteiger partial charge is 0.497 e. The molecular formula is C20H35IN4O3. The summed E-state index contributed by atoms with van der Waals surface area (Å²) in [6.45, 7) is 10.2. The van der Waals surface area contributed by atoms with Crippen molar-refractivity contribution in [2.24, 2.45) is 10.9 Å². The fourth-order valence-corrected chi connectivity index (χ4v) is 3.15. The molecule has 2 N–H and O–H groups in total. The first kappa shape index (κ1) is 24.8. The monoisotopic (exact) mass is 506 g/mol. The van der Waals surface area contributed by atoms with Crippen molar-refractivity contribution in [3.05, 3.63) is 24.3 Å². The number of guanidine groups is 1. The SMILES string of the molecule is CN=C(NCCOc1cccc(OC)c1)NCC(C(C)C)N1CCOCC1.I. The summed E-state index contributed by atoms with van der Waals surface area (Å²) < 4.78 is 16.4. The summed E-state index contributed by atoms with van der Waals surface area (Å²) in [5.41, 5.74) is 0. The fraction of sp³-hybridized carbons (Fsp3) is 0.650. The van der Waals surface area contributed by atoms with Crippen molar-refractivity contribution < 1.29 is 14.2 Å². The van der Waals surface area contributed by atoms with Gasteiger partial charge in [0, 0.05) is 38.8 Å². The lowest BCUT2D eigenvalue weighted by Crippen LogP contribution is -2.52. The van der Waals surface area contributed by atoms with E-state index >= 15 is 0 Å². The highest BCUT2D eigenvalue weighted by atomic mass is 127. The Morgan fingerprint density at radius 1 is 1.21 bits per heavy atom. The Kier molecular flexibility index (Phi) is 12.2. The molecule has 1 aliphatic rings. The van der Waals surface area contributed by atoms with E-state index in [1.165, 1.54) is 0 Å². The van der Waals surface area contributed by atoms with Gasteiger partial charge in [-0.25, -0.2) is 0 Å². The number of halogens is 1. The van der Waals surface area contributed by atoms with E-state index in [0.29, 0.717) is 25.1 Å². The van der Waals surface area contributed by atoms with Crippen LogP contribution in [0, 0.1) is 5.92 Å². The number of hydrogen-bond acceptors (Lipinski definition) is 5. The van der Waals surface area contributed by atoms with E-state index in [-0.39, 0.29) is 24.0 Å². The third-order valence-electron chi connectivity index (χ3n) is 4.69. The van der Waals surface area contributed by atoms with Gasteiger partial charge >= 0.3 is 0 Å². The van der Waals surface area contributed by atoms with Gasteiger partial charge in [0.15, 0.2) is 5.96 Å². The Labute approximate surface area is 186 Å². The number of hydrogen-bond donors (Lipinski definition) is 2. The zero-order chi connectivity index (χ0) is 19.5. The molecule has 2 rings (SSSR count). The molecule has 0 aromatic heterocycles. The third kappa shape index (κ3) is 8.40. The Bertz CT molecular complexity index is 580. The molecule has 1 saturated heterocycles. The molecule has 0 bridgehead atoms. The number of methoxy groups -OCH3 is 1. The Morgan fingerprint density at radius 2 is 1.93 bits per heavy atom. The molecule has 1 aliphatic heterocycles. The average molecular weight is 506 g/mol. The molecular weight excluding hydrogens is 471 g/mol. The van der Waals surface area contributed by atoms with Crippen molar-refractivity contribution >= 4 is 29.9 Å². The van der Waals surface area contributed by atoms with Gasteiger partial charge in [0.25, 0.3) is 0 Å². The van der Waals surface area contributed by atoms with Crippen LogP contribution in [0.25, 0.3) is 0 Å². The predicted molar refractivity (Wildman–Crippen MR) is 124 cm³/mol. The summed E-state index contributed by atoms with van der Waals surface area (Å²) in [6.07, 6.45) is 0. The van der Waals surface area contributed by atoms with Gasteiger partial charge in [-0.3, -0.25) is 9.89 Å². The molecule has 1 aromatic rings. The topological polar surface area (TPSA) is 67.4 Å². The quantitative estimate of drug-likeness (QED) is 0.232. The second kappa shape index (κ2) is 13.8. The van der Waals surface area contributed by atoms with E-state index in [2.05, 4.69) is 34.4 Å². The van der Waals surface area contributed by atoms with E-state index in [0.717, 1.165) is 50.3 Å². The van der Waals surface area contributed by atoms with Crippen LogP contribution in [0.4, 0.5) is 0 Å². The first-order chi connectivity index (χ1) is 13.1. The number of benzene rings is 1. The summed E-state index contributed by atoms with van der Waals surface area (Å²) in [6, 6.07) is 8.07. The van der Waals surface area contributed by atoms with Crippen LogP contribution in [-0.4, -0.2) is 77.1 Å². The molecule has 160 valence electrons. The van der Waals surface area contributed by atoms with Gasteiger partial charge in [-0.05, 0) is 18.1 Å². The predicted octanol–water partition coefficient (Wildman–Crippen LogP) is 2.21. The van der Waals surface area contributed by atoms with E-state index < -0.39 is 0 Å². The second-order valence-electron chi connectivity index (χ2n) is 6.87. The van der Waals surface area contributed by atoms with Crippen molar-refractivity contribution in [2.45, 2.75) is 19.9 Å². The van der Waals surface area contributed by atoms with E-state index in [1.807, 2.05) is 24.3 Å². The molecule has 0 spiro atoms. The molecule has 8 heteroatoms. The van der Waals surface area contributed by atoms with E-state index in [1.54, 1.807) is 14.2 Å². The zero-order valence-corrected chi connectivity index (χ0v) is 19.8. The minimum absolute atomic E-state index is 0. The Morgan fingerprint density at radius 3 is 2.57 bits per heavy atom. The van der Waals surface area contributed by atoms with E-state index in [9.17, 15) is 0 Å². The maximum Gasteiger partial charge on any atom is 0.191 e. The highest BCUT2D eigenvalue weighted by Crippen LogP contribution is 2.18.